The molecule has 23 heavy (non-hydrogen) atoms. The van der Waals surface area contributed by atoms with E-state index in [-0.39, 0.29) is 6.04 Å². The van der Waals surface area contributed by atoms with Gasteiger partial charge in [-0.2, -0.15) is 5.26 Å². The molecule has 3 heterocycles. The van der Waals surface area contributed by atoms with Crippen molar-refractivity contribution in [2.24, 2.45) is 0 Å². The van der Waals surface area contributed by atoms with Crippen molar-refractivity contribution in [2.45, 2.75) is 25.9 Å². The first-order valence-corrected chi connectivity index (χ1v) is 8.82. The van der Waals surface area contributed by atoms with Crippen LogP contribution in [0.5, 0.6) is 0 Å². The van der Waals surface area contributed by atoms with Crippen LogP contribution in [0.3, 0.4) is 0 Å². The minimum absolute atomic E-state index is 0.204. The normalized spacial score (nSPS) is 20.0. The summed E-state index contributed by atoms with van der Waals surface area (Å²) in [6.45, 7) is 11.6. The standard InChI is InChI=1S/C19H21N3S/c1-4-9-21-10-6-7-16(21)18-19(23-12-5-2)14(3)17-15(13-20)8-11-22(17)18/h4-7,10,18H,1-2,8-9,11-12H2,3H3. The lowest BCUT2D eigenvalue weighted by molar-refractivity contribution is 0.334. The van der Waals surface area contributed by atoms with Gasteiger partial charge in [-0.1, -0.05) is 12.2 Å². The molecular formula is C19H21N3S. The van der Waals surface area contributed by atoms with Crippen LogP contribution in [-0.4, -0.2) is 21.8 Å². The first-order chi connectivity index (χ1) is 11.2. The zero-order valence-corrected chi connectivity index (χ0v) is 14.3. The molecule has 1 atom stereocenters. The fraction of sp³-hybridized carbons (Fsp3) is 0.316. The zero-order chi connectivity index (χ0) is 16.4. The molecule has 0 fully saturated rings. The SMILES string of the molecule is C=CCSC1=C(C)C2=C(C#N)CCN2C1c1cccn1CC=C. The molecule has 2 aliphatic rings. The second-order valence-electron chi connectivity index (χ2n) is 5.75. The van der Waals surface area contributed by atoms with Gasteiger partial charge in [0.1, 0.15) is 6.04 Å². The Hall–Kier alpha value is -2.12. The molecule has 0 radical (unpaired) electrons. The molecule has 0 aromatic carbocycles. The van der Waals surface area contributed by atoms with E-state index in [1.54, 1.807) is 0 Å². The van der Waals surface area contributed by atoms with E-state index in [2.05, 4.69) is 53.9 Å². The third kappa shape index (κ3) is 2.55. The van der Waals surface area contributed by atoms with Gasteiger partial charge in [-0.05, 0) is 24.6 Å². The summed E-state index contributed by atoms with van der Waals surface area (Å²) in [4.78, 5) is 3.74. The summed E-state index contributed by atoms with van der Waals surface area (Å²) in [6.07, 6.45) is 6.81. The number of hydrogen-bond acceptors (Lipinski definition) is 3. The highest BCUT2D eigenvalue weighted by molar-refractivity contribution is 8.03. The first kappa shape index (κ1) is 15.8. The van der Waals surface area contributed by atoms with Crippen LogP contribution in [0.4, 0.5) is 0 Å². The van der Waals surface area contributed by atoms with Crippen LogP contribution in [0.1, 0.15) is 25.1 Å². The maximum atomic E-state index is 9.45. The van der Waals surface area contributed by atoms with Gasteiger partial charge in [0, 0.05) is 42.1 Å². The van der Waals surface area contributed by atoms with Gasteiger partial charge in [0.2, 0.25) is 0 Å². The van der Waals surface area contributed by atoms with Gasteiger partial charge in [0.25, 0.3) is 0 Å². The molecular weight excluding hydrogens is 302 g/mol. The Balaban J connectivity index is 2.09. The molecule has 4 heteroatoms. The first-order valence-electron chi connectivity index (χ1n) is 7.83. The number of thioether (sulfide) groups is 1. The Morgan fingerprint density at radius 2 is 2.26 bits per heavy atom. The Labute approximate surface area is 142 Å². The molecule has 0 saturated carbocycles. The fourth-order valence-electron chi connectivity index (χ4n) is 3.52. The van der Waals surface area contributed by atoms with Gasteiger partial charge in [-0.3, -0.25) is 0 Å². The molecule has 3 rings (SSSR count). The quantitative estimate of drug-likeness (QED) is 0.727. The van der Waals surface area contributed by atoms with E-state index in [0.29, 0.717) is 0 Å². The molecule has 118 valence electrons. The van der Waals surface area contributed by atoms with Gasteiger partial charge in [-0.15, -0.1) is 24.9 Å². The van der Waals surface area contributed by atoms with Crippen molar-refractivity contribution in [1.82, 2.24) is 9.47 Å². The third-order valence-electron chi connectivity index (χ3n) is 4.42. The molecule has 0 N–H and O–H groups in total. The van der Waals surface area contributed by atoms with Crippen molar-refractivity contribution >= 4 is 11.8 Å². The lowest BCUT2D eigenvalue weighted by Gasteiger charge is -2.27. The highest BCUT2D eigenvalue weighted by Gasteiger charge is 2.41. The molecule has 0 saturated heterocycles. The summed E-state index contributed by atoms with van der Waals surface area (Å²) >= 11 is 1.83. The predicted octanol–water partition coefficient (Wildman–Crippen LogP) is 4.41. The molecule has 1 aromatic rings. The van der Waals surface area contributed by atoms with Crippen LogP contribution >= 0.6 is 11.8 Å². The Kier molecular flexibility index (Phi) is 4.49. The van der Waals surface area contributed by atoms with Crippen LogP contribution in [0.2, 0.25) is 0 Å². The van der Waals surface area contributed by atoms with Crippen LogP contribution in [0, 0.1) is 11.3 Å². The molecule has 3 nitrogen and oxygen atoms in total. The van der Waals surface area contributed by atoms with E-state index in [4.69, 9.17) is 0 Å². The average Bonchev–Trinajstić information content (AvgIpc) is 3.23. The highest BCUT2D eigenvalue weighted by Crippen LogP contribution is 2.51. The minimum atomic E-state index is 0.204. The van der Waals surface area contributed by atoms with Crippen molar-refractivity contribution in [3.05, 3.63) is 71.1 Å². The van der Waals surface area contributed by atoms with Gasteiger partial charge in [0.15, 0.2) is 0 Å². The molecule has 0 amide bonds. The maximum Gasteiger partial charge on any atom is 0.101 e. The third-order valence-corrected chi connectivity index (χ3v) is 5.67. The van der Waals surface area contributed by atoms with Crippen LogP contribution < -0.4 is 0 Å². The summed E-state index contributed by atoms with van der Waals surface area (Å²) in [5.74, 6) is 0.883. The monoisotopic (exact) mass is 323 g/mol. The van der Waals surface area contributed by atoms with Crippen LogP contribution in [-0.2, 0) is 6.54 Å². The largest absolute Gasteiger partial charge is 0.357 e. The molecule has 1 unspecified atom stereocenters. The van der Waals surface area contributed by atoms with Crippen molar-refractivity contribution in [1.29, 1.82) is 5.26 Å². The lowest BCUT2D eigenvalue weighted by Crippen LogP contribution is -2.23. The Morgan fingerprint density at radius 3 is 2.96 bits per heavy atom. The maximum absolute atomic E-state index is 9.45. The number of nitrogens with zero attached hydrogens (tertiary/aromatic N) is 3. The Bertz CT molecular complexity index is 745. The van der Waals surface area contributed by atoms with E-state index < -0.39 is 0 Å². The van der Waals surface area contributed by atoms with Crippen molar-refractivity contribution in [2.75, 3.05) is 12.3 Å². The van der Waals surface area contributed by atoms with E-state index in [0.717, 1.165) is 36.5 Å². The summed E-state index contributed by atoms with van der Waals surface area (Å²) in [5.41, 5.74) is 4.59. The van der Waals surface area contributed by atoms with E-state index in [1.165, 1.54) is 16.2 Å². The van der Waals surface area contributed by atoms with Gasteiger partial charge >= 0.3 is 0 Å². The van der Waals surface area contributed by atoms with E-state index >= 15 is 0 Å². The molecule has 0 aliphatic carbocycles. The number of fused-ring (bicyclic) bond motifs is 1. The number of nitriles is 1. The van der Waals surface area contributed by atoms with Gasteiger partial charge in [0.05, 0.1) is 17.3 Å². The predicted molar refractivity (Wildman–Crippen MR) is 96.7 cm³/mol. The van der Waals surface area contributed by atoms with Crippen molar-refractivity contribution in [3.63, 3.8) is 0 Å². The summed E-state index contributed by atoms with van der Waals surface area (Å²) < 4.78 is 2.24. The highest BCUT2D eigenvalue weighted by atomic mass is 32.2. The van der Waals surface area contributed by atoms with Crippen LogP contribution in [0.25, 0.3) is 0 Å². The average molecular weight is 323 g/mol. The van der Waals surface area contributed by atoms with E-state index in [9.17, 15) is 5.26 Å². The number of aromatic nitrogens is 1. The fourth-order valence-corrected chi connectivity index (χ4v) is 4.54. The van der Waals surface area contributed by atoms with Crippen LogP contribution in [0.15, 0.2) is 65.4 Å². The second kappa shape index (κ2) is 6.55. The molecule has 0 spiro atoms. The zero-order valence-electron chi connectivity index (χ0n) is 13.5. The number of hydrogen-bond donors (Lipinski definition) is 0. The smallest absolute Gasteiger partial charge is 0.101 e. The topological polar surface area (TPSA) is 32.0 Å². The lowest BCUT2D eigenvalue weighted by atomic mass is 10.1. The minimum Gasteiger partial charge on any atom is -0.357 e. The molecule has 2 aliphatic heterocycles. The Morgan fingerprint density at radius 1 is 1.43 bits per heavy atom. The molecule has 0 bridgehead atoms. The summed E-state index contributed by atoms with van der Waals surface area (Å²) in [5, 5.41) is 9.45. The number of allylic oxidation sites excluding steroid dienone is 2. The summed E-state index contributed by atoms with van der Waals surface area (Å²) in [6, 6.07) is 6.88. The summed E-state index contributed by atoms with van der Waals surface area (Å²) in [7, 11) is 0. The second-order valence-corrected chi connectivity index (χ2v) is 6.81. The van der Waals surface area contributed by atoms with Crippen molar-refractivity contribution in [3.8, 4) is 6.07 Å². The van der Waals surface area contributed by atoms with Crippen molar-refractivity contribution < 1.29 is 0 Å². The molecule has 1 aromatic heterocycles. The van der Waals surface area contributed by atoms with Gasteiger partial charge in [-0.25, -0.2) is 0 Å². The number of rotatable bonds is 6. The van der Waals surface area contributed by atoms with Gasteiger partial charge < -0.3 is 9.47 Å². The van der Waals surface area contributed by atoms with E-state index in [1.807, 2.05) is 23.9 Å².